The molecule has 0 spiro atoms. The maximum absolute atomic E-state index is 13.1. The summed E-state index contributed by atoms with van der Waals surface area (Å²) in [6, 6.07) is 23.3. The van der Waals surface area contributed by atoms with E-state index in [0.29, 0.717) is 5.82 Å². The maximum atomic E-state index is 13.1. The molecule has 0 radical (unpaired) electrons. The molecule has 4 aromatic rings. The normalized spacial score (nSPS) is 11.0. The van der Waals surface area contributed by atoms with Crippen LogP contribution in [0.2, 0.25) is 0 Å². The Bertz CT molecular complexity index is 1220. The molecule has 156 valence electrons. The van der Waals surface area contributed by atoms with Crippen molar-refractivity contribution in [2.45, 2.75) is 19.8 Å². The number of amides is 1. The van der Waals surface area contributed by atoms with E-state index in [1.165, 1.54) is 0 Å². The number of halogens is 2. The summed E-state index contributed by atoms with van der Waals surface area (Å²) < 4.78 is 3.64. The van der Waals surface area contributed by atoms with Gasteiger partial charge >= 0.3 is 0 Å². The van der Waals surface area contributed by atoms with E-state index in [4.69, 9.17) is 0 Å². The topological polar surface area (TPSA) is 59.8 Å². The Balaban J connectivity index is 1.74. The SMILES string of the molecule is CC(C)c1cc(Br)ccc1NC(=O)c1nc(-c2ccc(Br)cc2)n(-c2ccccc2)n1. The number of rotatable bonds is 5. The van der Waals surface area contributed by atoms with Gasteiger partial charge < -0.3 is 5.32 Å². The van der Waals surface area contributed by atoms with Crippen molar-refractivity contribution < 1.29 is 4.79 Å². The second-order valence-electron chi connectivity index (χ2n) is 7.35. The average molecular weight is 540 g/mol. The molecule has 1 aromatic heterocycles. The van der Waals surface area contributed by atoms with Crippen LogP contribution in [0.4, 0.5) is 5.69 Å². The first kappa shape index (κ1) is 21.5. The molecular formula is C24H20Br2N4O. The van der Waals surface area contributed by atoms with Crippen molar-refractivity contribution in [3.8, 4) is 17.1 Å². The van der Waals surface area contributed by atoms with Gasteiger partial charge in [0.1, 0.15) is 0 Å². The lowest BCUT2D eigenvalue weighted by atomic mass is 10.0. The molecule has 1 heterocycles. The zero-order valence-corrected chi connectivity index (χ0v) is 20.2. The zero-order valence-electron chi connectivity index (χ0n) is 17.0. The van der Waals surface area contributed by atoms with Gasteiger partial charge in [-0.15, -0.1) is 5.10 Å². The standard InChI is InChI=1S/C24H20Br2N4O/c1-15(2)20-14-18(26)12-13-21(20)27-24(31)22-28-23(16-8-10-17(25)11-9-16)30(29-22)19-6-4-3-5-7-19/h3-15H,1-2H3,(H,27,31). The number of hydrogen-bond donors (Lipinski definition) is 1. The number of carbonyl (C=O) groups excluding carboxylic acids is 1. The van der Waals surface area contributed by atoms with Crippen LogP contribution in [-0.2, 0) is 0 Å². The van der Waals surface area contributed by atoms with E-state index >= 15 is 0 Å². The molecular weight excluding hydrogens is 520 g/mol. The van der Waals surface area contributed by atoms with Crippen LogP contribution in [-0.4, -0.2) is 20.7 Å². The molecule has 0 saturated carbocycles. The molecule has 0 fully saturated rings. The molecule has 0 bridgehead atoms. The number of para-hydroxylation sites is 1. The van der Waals surface area contributed by atoms with Gasteiger partial charge in [0.2, 0.25) is 5.82 Å². The van der Waals surface area contributed by atoms with Crippen molar-refractivity contribution in [3.05, 3.63) is 93.1 Å². The summed E-state index contributed by atoms with van der Waals surface area (Å²) in [5.74, 6) is 0.612. The molecule has 0 saturated heterocycles. The van der Waals surface area contributed by atoms with E-state index in [1.54, 1.807) is 4.68 Å². The highest BCUT2D eigenvalue weighted by molar-refractivity contribution is 9.10. The van der Waals surface area contributed by atoms with Crippen LogP contribution in [0, 0.1) is 0 Å². The van der Waals surface area contributed by atoms with Crippen LogP contribution >= 0.6 is 31.9 Å². The van der Waals surface area contributed by atoms with Gasteiger partial charge in [0.15, 0.2) is 5.82 Å². The Morgan fingerprint density at radius 3 is 2.29 bits per heavy atom. The van der Waals surface area contributed by atoms with E-state index in [1.807, 2.05) is 72.8 Å². The van der Waals surface area contributed by atoms with E-state index in [9.17, 15) is 4.79 Å². The van der Waals surface area contributed by atoms with Gasteiger partial charge in [0, 0.05) is 20.2 Å². The predicted octanol–water partition coefficient (Wildman–Crippen LogP) is 6.84. The summed E-state index contributed by atoms with van der Waals surface area (Å²) in [6.45, 7) is 4.18. The minimum absolute atomic E-state index is 0.111. The minimum atomic E-state index is -0.350. The van der Waals surface area contributed by atoms with Crippen LogP contribution in [0.15, 0.2) is 81.7 Å². The highest BCUT2D eigenvalue weighted by Crippen LogP contribution is 2.28. The number of nitrogens with one attached hydrogen (secondary N) is 1. The monoisotopic (exact) mass is 538 g/mol. The molecule has 7 heteroatoms. The molecule has 1 N–H and O–H groups in total. The third kappa shape index (κ3) is 4.78. The highest BCUT2D eigenvalue weighted by Gasteiger charge is 2.20. The quantitative estimate of drug-likeness (QED) is 0.302. The molecule has 1 amide bonds. The number of benzene rings is 3. The van der Waals surface area contributed by atoms with Gasteiger partial charge in [-0.3, -0.25) is 4.79 Å². The van der Waals surface area contributed by atoms with Crippen molar-refractivity contribution in [1.82, 2.24) is 14.8 Å². The van der Waals surface area contributed by atoms with E-state index < -0.39 is 0 Å². The Kier molecular flexibility index (Phi) is 6.34. The van der Waals surface area contributed by atoms with Crippen LogP contribution in [0.3, 0.4) is 0 Å². The highest BCUT2D eigenvalue weighted by atomic mass is 79.9. The molecule has 0 aliphatic rings. The number of nitrogens with zero attached hydrogens (tertiary/aromatic N) is 3. The third-order valence-electron chi connectivity index (χ3n) is 4.80. The van der Waals surface area contributed by atoms with Gasteiger partial charge in [0.05, 0.1) is 5.69 Å². The molecule has 31 heavy (non-hydrogen) atoms. The first-order valence-electron chi connectivity index (χ1n) is 9.81. The van der Waals surface area contributed by atoms with Gasteiger partial charge in [-0.05, 0) is 53.9 Å². The number of carbonyl (C=O) groups is 1. The van der Waals surface area contributed by atoms with Crippen molar-refractivity contribution in [2.24, 2.45) is 0 Å². The largest absolute Gasteiger partial charge is 0.319 e. The maximum Gasteiger partial charge on any atom is 0.295 e. The smallest absolute Gasteiger partial charge is 0.295 e. The zero-order chi connectivity index (χ0) is 22.0. The molecule has 5 nitrogen and oxygen atoms in total. The van der Waals surface area contributed by atoms with Crippen LogP contribution in [0.25, 0.3) is 17.1 Å². The Labute approximate surface area is 197 Å². The first-order chi connectivity index (χ1) is 14.9. The summed E-state index contributed by atoms with van der Waals surface area (Å²) in [5, 5.41) is 7.52. The summed E-state index contributed by atoms with van der Waals surface area (Å²) in [6.07, 6.45) is 0. The third-order valence-corrected chi connectivity index (χ3v) is 5.82. The average Bonchev–Trinajstić information content (AvgIpc) is 3.21. The van der Waals surface area contributed by atoms with E-state index in [-0.39, 0.29) is 17.6 Å². The van der Waals surface area contributed by atoms with Crippen LogP contribution in [0.5, 0.6) is 0 Å². The Hall–Kier alpha value is -2.77. The van der Waals surface area contributed by atoms with Gasteiger partial charge in [0.25, 0.3) is 5.91 Å². The van der Waals surface area contributed by atoms with Gasteiger partial charge in [-0.1, -0.05) is 76.0 Å². The Morgan fingerprint density at radius 2 is 1.61 bits per heavy atom. The van der Waals surface area contributed by atoms with Crippen LogP contribution in [0.1, 0.15) is 35.9 Å². The summed E-state index contributed by atoms with van der Waals surface area (Å²) in [7, 11) is 0. The second-order valence-corrected chi connectivity index (χ2v) is 9.19. The molecule has 0 atom stereocenters. The summed E-state index contributed by atoms with van der Waals surface area (Å²) >= 11 is 6.96. The van der Waals surface area contributed by atoms with Crippen molar-refractivity contribution in [1.29, 1.82) is 0 Å². The lowest BCUT2D eigenvalue weighted by Crippen LogP contribution is -2.16. The minimum Gasteiger partial charge on any atom is -0.319 e. The second kappa shape index (κ2) is 9.16. The van der Waals surface area contributed by atoms with Crippen molar-refractivity contribution in [3.63, 3.8) is 0 Å². The fourth-order valence-corrected chi connectivity index (χ4v) is 3.89. The predicted molar refractivity (Wildman–Crippen MR) is 131 cm³/mol. The summed E-state index contributed by atoms with van der Waals surface area (Å²) in [4.78, 5) is 17.7. The number of aromatic nitrogens is 3. The van der Waals surface area contributed by atoms with Gasteiger partial charge in [-0.2, -0.15) is 0 Å². The first-order valence-corrected chi connectivity index (χ1v) is 11.4. The number of anilines is 1. The molecule has 0 aliphatic carbocycles. The van der Waals surface area contributed by atoms with Crippen molar-refractivity contribution in [2.75, 3.05) is 5.32 Å². The molecule has 0 unspecified atom stereocenters. The van der Waals surface area contributed by atoms with Crippen LogP contribution < -0.4 is 5.32 Å². The lowest BCUT2D eigenvalue weighted by molar-refractivity contribution is 0.101. The number of hydrogen-bond acceptors (Lipinski definition) is 3. The molecule has 3 aromatic carbocycles. The van der Waals surface area contributed by atoms with E-state index in [2.05, 4.69) is 61.1 Å². The fourth-order valence-electron chi connectivity index (χ4n) is 3.25. The van der Waals surface area contributed by atoms with Crippen molar-refractivity contribution >= 4 is 43.5 Å². The van der Waals surface area contributed by atoms with Gasteiger partial charge in [-0.25, -0.2) is 9.67 Å². The fraction of sp³-hybridized carbons (Fsp3) is 0.125. The lowest BCUT2D eigenvalue weighted by Gasteiger charge is -2.13. The Morgan fingerprint density at radius 1 is 0.935 bits per heavy atom. The molecule has 0 aliphatic heterocycles. The molecule has 4 rings (SSSR count). The van der Waals surface area contributed by atoms with E-state index in [0.717, 1.165) is 31.4 Å². The summed E-state index contributed by atoms with van der Waals surface area (Å²) in [5.41, 5.74) is 3.49.